The van der Waals surface area contributed by atoms with Crippen molar-refractivity contribution in [2.45, 2.75) is 13.8 Å². The Kier molecular flexibility index (Phi) is 3.87. The van der Waals surface area contributed by atoms with Gasteiger partial charge in [-0.3, -0.25) is 9.59 Å². The standard InChI is InChI=1S/C4H3FN2O2.C2H6/c5-7-2-1-6-3(8)4(7)9;1-2/h1-2H,(H,6,8);1-2H3. The van der Waals surface area contributed by atoms with Crippen molar-refractivity contribution in [2.75, 3.05) is 0 Å². The average Bonchev–Trinajstić information content (AvgIpc) is 2.04. The molecule has 11 heavy (non-hydrogen) atoms. The molecule has 0 saturated carbocycles. The lowest BCUT2D eigenvalue weighted by molar-refractivity contribution is 0.348. The Morgan fingerprint density at radius 1 is 1.45 bits per heavy atom. The van der Waals surface area contributed by atoms with Gasteiger partial charge < -0.3 is 4.98 Å². The fourth-order valence-electron chi connectivity index (χ4n) is 0.405. The molecule has 1 N–H and O–H groups in total. The molecule has 1 heterocycles. The van der Waals surface area contributed by atoms with Gasteiger partial charge in [0.2, 0.25) is 0 Å². The highest BCUT2D eigenvalue weighted by Crippen LogP contribution is 1.68. The van der Waals surface area contributed by atoms with Crippen molar-refractivity contribution in [1.29, 1.82) is 0 Å². The molecule has 1 rings (SSSR count). The fourth-order valence-corrected chi connectivity index (χ4v) is 0.405. The van der Waals surface area contributed by atoms with E-state index in [1.165, 1.54) is 0 Å². The SMILES string of the molecule is CC.O=c1[nH]ccn(F)c1=O. The Morgan fingerprint density at radius 3 is 2.36 bits per heavy atom. The summed E-state index contributed by atoms with van der Waals surface area (Å²) in [5, 5.41) is 0. The van der Waals surface area contributed by atoms with Crippen LogP contribution in [0, 0.1) is 0 Å². The van der Waals surface area contributed by atoms with Crippen molar-refractivity contribution in [1.82, 2.24) is 9.77 Å². The Labute approximate surface area is 62.2 Å². The molecule has 4 nitrogen and oxygen atoms in total. The number of hydrogen-bond acceptors (Lipinski definition) is 2. The molecule has 0 radical (unpaired) electrons. The van der Waals surface area contributed by atoms with Crippen LogP contribution in [0.15, 0.2) is 22.0 Å². The van der Waals surface area contributed by atoms with Crippen molar-refractivity contribution >= 4 is 0 Å². The van der Waals surface area contributed by atoms with Gasteiger partial charge in [0, 0.05) is 6.20 Å². The topological polar surface area (TPSA) is 54.9 Å². The number of aromatic nitrogens is 2. The second-order valence-electron chi connectivity index (χ2n) is 1.41. The highest BCUT2D eigenvalue weighted by Gasteiger charge is 1.93. The van der Waals surface area contributed by atoms with Gasteiger partial charge in [0.1, 0.15) is 0 Å². The van der Waals surface area contributed by atoms with E-state index in [9.17, 15) is 14.1 Å². The van der Waals surface area contributed by atoms with Gasteiger partial charge in [-0.25, -0.2) is 0 Å². The Balaban J connectivity index is 0.000000461. The fraction of sp³-hybridized carbons (Fsp3) is 0.333. The van der Waals surface area contributed by atoms with Crippen LogP contribution in [0.25, 0.3) is 0 Å². The van der Waals surface area contributed by atoms with Crippen molar-refractivity contribution in [3.63, 3.8) is 0 Å². The zero-order valence-electron chi connectivity index (χ0n) is 6.30. The van der Waals surface area contributed by atoms with Crippen LogP contribution < -0.4 is 11.1 Å². The molecule has 0 aliphatic rings. The molecule has 0 fully saturated rings. The lowest BCUT2D eigenvalue weighted by Gasteiger charge is -1.84. The summed E-state index contributed by atoms with van der Waals surface area (Å²) in [5.41, 5.74) is -2.16. The third-order valence-electron chi connectivity index (χ3n) is 0.808. The number of halogens is 1. The summed E-state index contributed by atoms with van der Waals surface area (Å²) in [6.45, 7) is 4.00. The van der Waals surface area contributed by atoms with E-state index in [0.717, 1.165) is 12.4 Å². The molecule has 0 saturated heterocycles. The van der Waals surface area contributed by atoms with Gasteiger partial charge in [0.05, 0.1) is 6.20 Å². The largest absolute Gasteiger partial charge is 0.344 e. The molecule has 0 atom stereocenters. The summed E-state index contributed by atoms with van der Waals surface area (Å²) in [7, 11) is 0. The summed E-state index contributed by atoms with van der Waals surface area (Å²) < 4.78 is 12.0. The monoisotopic (exact) mass is 160 g/mol. The smallest absolute Gasteiger partial charge is 0.323 e. The number of nitrogens with zero attached hydrogens (tertiary/aromatic N) is 1. The molecule has 5 heteroatoms. The molecule has 0 aliphatic heterocycles. The number of nitrogens with one attached hydrogen (secondary N) is 1. The molecule has 0 unspecified atom stereocenters. The maximum absolute atomic E-state index is 12.0. The molecular formula is C6H9FN2O2. The van der Waals surface area contributed by atoms with E-state index in [-0.39, 0.29) is 4.79 Å². The maximum Gasteiger partial charge on any atom is 0.344 e. The van der Waals surface area contributed by atoms with E-state index in [0.29, 0.717) is 0 Å². The van der Waals surface area contributed by atoms with Gasteiger partial charge in [-0.1, -0.05) is 18.3 Å². The van der Waals surface area contributed by atoms with Crippen molar-refractivity contribution < 1.29 is 4.48 Å². The Bertz CT molecular complexity index is 315. The molecular weight excluding hydrogens is 151 g/mol. The van der Waals surface area contributed by atoms with E-state index >= 15 is 0 Å². The lowest BCUT2D eigenvalue weighted by Crippen LogP contribution is -2.32. The molecule has 62 valence electrons. The maximum atomic E-state index is 12.0. The van der Waals surface area contributed by atoms with Crippen LogP contribution in [0.4, 0.5) is 4.48 Å². The third-order valence-corrected chi connectivity index (χ3v) is 0.808. The predicted octanol–water partition coefficient (Wildman–Crippen LogP) is 0.295. The zero-order valence-corrected chi connectivity index (χ0v) is 6.30. The highest BCUT2D eigenvalue weighted by atomic mass is 19.2. The Hall–Kier alpha value is -1.39. The highest BCUT2D eigenvalue weighted by molar-refractivity contribution is 4.77. The summed E-state index contributed by atoms with van der Waals surface area (Å²) in [6, 6.07) is 0. The first kappa shape index (κ1) is 9.61. The molecule has 0 amide bonds. The van der Waals surface area contributed by atoms with E-state index in [1.54, 1.807) is 0 Å². The van der Waals surface area contributed by atoms with Gasteiger partial charge in [-0.15, -0.1) is 4.79 Å². The average molecular weight is 160 g/mol. The summed E-state index contributed by atoms with van der Waals surface area (Å²) >= 11 is 0. The minimum absolute atomic E-state index is 0.279. The van der Waals surface area contributed by atoms with Gasteiger partial charge in [-0.05, 0) is 0 Å². The number of aromatic amines is 1. The van der Waals surface area contributed by atoms with Crippen LogP contribution >= 0.6 is 0 Å². The first-order chi connectivity index (χ1) is 5.22. The first-order valence-electron chi connectivity index (χ1n) is 3.18. The first-order valence-corrected chi connectivity index (χ1v) is 3.18. The number of hydrogen-bond donors (Lipinski definition) is 1. The van der Waals surface area contributed by atoms with Crippen molar-refractivity contribution in [3.05, 3.63) is 33.1 Å². The molecule has 0 bridgehead atoms. The van der Waals surface area contributed by atoms with Crippen LogP contribution in [0.5, 0.6) is 0 Å². The van der Waals surface area contributed by atoms with Gasteiger partial charge in [-0.2, -0.15) is 0 Å². The third kappa shape index (κ3) is 2.37. The van der Waals surface area contributed by atoms with Crippen LogP contribution in [-0.2, 0) is 0 Å². The number of rotatable bonds is 0. The van der Waals surface area contributed by atoms with Crippen LogP contribution in [-0.4, -0.2) is 9.77 Å². The van der Waals surface area contributed by atoms with E-state index in [1.807, 2.05) is 18.8 Å². The Morgan fingerprint density at radius 2 is 2.00 bits per heavy atom. The summed E-state index contributed by atoms with van der Waals surface area (Å²) in [5.74, 6) is 0. The normalized spacial score (nSPS) is 8.27. The van der Waals surface area contributed by atoms with Crippen LogP contribution in [0.3, 0.4) is 0 Å². The van der Waals surface area contributed by atoms with Gasteiger partial charge in [0.15, 0.2) is 0 Å². The van der Waals surface area contributed by atoms with Crippen LogP contribution in [0.2, 0.25) is 0 Å². The molecule has 0 spiro atoms. The number of H-pyrrole nitrogens is 1. The van der Waals surface area contributed by atoms with Crippen molar-refractivity contribution in [3.8, 4) is 0 Å². The minimum atomic E-state index is -1.20. The van der Waals surface area contributed by atoms with Gasteiger partial charge in [0.25, 0.3) is 0 Å². The molecule has 0 aromatic carbocycles. The lowest BCUT2D eigenvalue weighted by atomic mass is 10.7. The van der Waals surface area contributed by atoms with E-state index in [2.05, 4.69) is 0 Å². The minimum Gasteiger partial charge on any atom is -0.323 e. The van der Waals surface area contributed by atoms with Crippen LogP contribution in [0.1, 0.15) is 13.8 Å². The van der Waals surface area contributed by atoms with E-state index < -0.39 is 11.1 Å². The van der Waals surface area contributed by atoms with Crippen molar-refractivity contribution in [2.24, 2.45) is 0 Å². The van der Waals surface area contributed by atoms with E-state index in [4.69, 9.17) is 0 Å². The zero-order chi connectivity index (χ0) is 8.85. The molecule has 1 aromatic heterocycles. The summed E-state index contributed by atoms with van der Waals surface area (Å²) in [4.78, 5) is 22.2. The summed E-state index contributed by atoms with van der Waals surface area (Å²) in [6.07, 6.45) is 1.87. The predicted molar refractivity (Wildman–Crippen MR) is 39.2 cm³/mol. The van der Waals surface area contributed by atoms with Gasteiger partial charge >= 0.3 is 11.1 Å². The molecule has 1 aromatic rings. The second-order valence-corrected chi connectivity index (χ2v) is 1.41. The molecule has 0 aliphatic carbocycles. The quantitative estimate of drug-likeness (QED) is 0.555. The second kappa shape index (κ2) is 4.43.